The molecule has 0 aromatic carbocycles. The van der Waals surface area contributed by atoms with E-state index in [0.717, 1.165) is 37.8 Å². The Morgan fingerprint density at radius 3 is 2.12 bits per heavy atom. The lowest BCUT2D eigenvalue weighted by Crippen LogP contribution is -2.53. The van der Waals surface area contributed by atoms with E-state index in [1.165, 1.54) is 0 Å². The Morgan fingerprint density at radius 1 is 1.12 bits per heavy atom. The molecule has 1 aliphatic rings. The van der Waals surface area contributed by atoms with Gasteiger partial charge in [0.15, 0.2) is 5.11 Å². The van der Waals surface area contributed by atoms with Crippen LogP contribution in [0.15, 0.2) is 0 Å². The van der Waals surface area contributed by atoms with Gasteiger partial charge in [-0.1, -0.05) is 13.8 Å². The van der Waals surface area contributed by atoms with Crippen molar-refractivity contribution in [3.05, 3.63) is 0 Å². The van der Waals surface area contributed by atoms with Crippen molar-refractivity contribution in [3.63, 3.8) is 0 Å². The minimum Gasteiger partial charge on any atom is -0.362 e. The Kier molecular flexibility index (Phi) is 5.49. The monoisotopic (exact) mass is 243 g/mol. The lowest BCUT2D eigenvalue weighted by Gasteiger charge is -2.38. The normalized spacial score (nSPS) is 18.2. The van der Waals surface area contributed by atoms with Crippen molar-refractivity contribution < 1.29 is 0 Å². The van der Waals surface area contributed by atoms with Gasteiger partial charge in [-0.15, -0.1) is 0 Å². The summed E-state index contributed by atoms with van der Waals surface area (Å²) >= 11 is 5.39. The number of nitrogens with zero attached hydrogens (tertiary/aromatic N) is 2. The van der Waals surface area contributed by atoms with E-state index in [0.29, 0.717) is 12.0 Å². The molecule has 94 valence electrons. The zero-order valence-electron chi connectivity index (χ0n) is 11.0. The molecule has 3 nitrogen and oxygen atoms in total. The molecule has 0 spiro atoms. The van der Waals surface area contributed by atoms with E-state index in [-0.39, 0.29) is 0 Å². The van der Waals surface area contributed by atoms with Crippen LogP contribution >= 0.6 is 12.2 Å². The van der Waals surface area contributed by atoms with Crippen LogP contribution in [0.1, 0.15) is 27.7 Å². The zero-order chi connectivity index (χ0) is 12.1. The maximum absolute atomic E-state index is 5.39. The predicted octanol–water partition coefficient (Wildman–Crippen LogP) is 1.54. The summed E-state index contributed by atoms with van der Waals surface area (Å²) in [6.07, 6.45) is 0. The molecule has 0 bridgehead atoms. The van der Waals surface area contributed by atoms with Gasteiger partial charge in [0.25, 0.3) is 0 Å². The summed E-state index contributed by atoms with van der Waals surface area (Å²) in [6.45, 7) is 14.3. The summed E-state index contributed by atoms with van der Waals surface area (Å²) in [5.41, 5.74) is 0. The summed E-state index contributed by atoms with van der Waals surface area (Å²) in [5.74, 6) is 0.648. The topological polar surface area (TPSA) is 18.5 Å². The Labute approximate surface area is 105 Å². The van der Waals surface area contributed by atoms with Crippen LogP contribution in [0.2, 0.25) is 0 Å². The van der Waals surface area contributed by atoms with E-state index in [1.54, 1.807) is 0 Å². The summed E-state index contributed by atoms with van der Waals surface area (Å²) < 4.78 is 0. The van der Waals surface area contributed by atoms with Gasteiger partial charge in [-0.2, -0.15) is 0 Å². The van der Waals surface area contributed by atoms with Crippen molar-refractivity contribution in [1.82, 2.24) is 15.1 Å². The SMILES string of the molecule is CC(C)CNC(=S)N1CCN(C(C)C)CC1. The predicted molar refractivity (Wildman–Crippen MR) is 73.7 cm³/mol. The molecule has 0 unspecified atom stereocenters. The number of thiocarbonyl (C=S) groups is 1. The molecule has 0 aromatic rings. The highest BCUT2D eigenvalue weighted by atomic mass is 32.1. The van der Waals surface area contributed by atoms with Crippen LogP contribution in [0.3, 0.4) is 0 Å². The van der Waals surface area contributed by atoms with Gasteiger partial charge in [-0.25, -0.2) is 0 Å². The first-order valence-corrected chi connectivity index (χ1v) is 6.68. The summed E-state index contributed by atoms with van der Waals surface area (Å²) in [6, 6.07) is 0.652. The lowest BCUT2D eigenvalue weighted by molar-refractivity contribution is 0.148. The molecule has 0 aliphatic carbocycles. The molecule has 1 heterocycles. The number of piperazine rings is 1. The standard InChI is InChI=1S/C12H25N3S/c1-10(2)9-13-12(16)15-7-5-14(6-8-15)11(3)4/h10-11H,5-9H2,1-4H3,(H,13,16). The lowest BCUT2D eigenvalue weighted by atomic mass is 10.2. The molecule has 1 saturated heterocycles. The Hall–Kier alpha value is -0.350. The number of nitrogens with one attached hydrogen (secondary N) is 1. The van der Waals surface area contributed by atoms with E-state index in [9.17, 15) is 0 Å². The molecule has 1 aliphatic heterocycles. The second-order valence-corrected chi connectivity index (χ2v) is 5.58. The van der Waals surface area contributed by atoms with Gasteiger partial charge in [0.2, 0.25) is 0 Å². The van der Waals surface area contributed by atoms with E-state index in [2.05, 4.69) is 42.8 Å². The first kappa shape index (κ1) is 13.7. The maximum atomic E-state index is 5.39. The molecule has 1 fully saturated rings. The van der Waals surface area contributed by atoms with Crippen LogP contribution in [0.5, 0.6) is 0 Å². The van der Waals surface area contributed by atoms with Crippen LogP contribution in [-0.2, 0) is 0 Å². The van der Waals surface area contributed by atoms with E-state index in [1.807, 2.05) is 0 Å². The average Bonchev–Trinajstić information content (AvgIpc) is 2.26. The fraction of sp³-hybridized carbons (Fsp3) is 0.917. The summed E-state index contributed by atoms with van der Waals surface area (Å²) in [7, 11) is 0. The molecular formula is C12H25N3S. The summed E-state index contributed by atoms with van der Waals surface area (Å²) in [4.78, 5) is 4.79. The quantitative estimate of drug-likeness (QED) is 0.758. The van der Waals surface area contributed by atoms with Gasteiger partial charge in [0, 0.05) is 38.8 Å². The van der Waals surface area contributed by atoms with Gasteiger partial charge in [-0.3, -0.25) is 4.90 Å². The molecule has 4 heteroatoms. The van der Waals surface area contributed by atoms with Crippen molar-refractivity contribution in [2.24, 2.45) is 5.92 Å². The third-order valence-electron chi connectivity index (χ3n) is 2.99. The highest BCUT2D eigenvalue weighted by molar-refractivity contribution is 7.80. The van der Waals surface area contributed by atoms with Gasteiger partial charge >= 0.3 is 0 Å². The molecule has 0 amide bonds. The molecular weight excluding hydrogens is 218 g/mol. The Balaban J connectivity index is 2.27. The van der Waals surface area contributed by atoms with E-state index < -0.39 is 0 Å². The first-order chi connectivity index (χ1) is 7.50. The van der Waals surface area contributed by atoms with Crippen LogP contribution in [0.25, 0.3) is 0 Å². The third-order valence-corrected chi connectivity index (χ3v) is 3.40. The first-order valence-electron chi connectivity index (χ1n) is 6.27. The highest BCUT2D eigenvalue weighted by Gasteiger charge is 2.20. The molecule has 1 N–H and O–H groups in total. The second kappa shape index (κ2) is 6.40. The smallest absolute Gasteiger partial charge is 0.169 e. The van der Waals surface area contributed by atoms with Crippen molar-refractivity contribution >= 4 is 17.3 Å². The van der Waals surface area contributed by atoms with Crippen LogP contribution < -0.4 is 5.32 Å². The molecule has 0 radical (unpaired) electrons. The Bertz CT molecular complexity index is 220. The molecule has 16 heavy (non-hydrogen) atoms. The average molecular weight is 243 g/mol. The minimum absolute atomic E-state index is 0.648. The minimum atomic E-state index is 0.648. The number of rotatable bonds is 3. The fourth-order valence-electron chi connectivity index (χ4n) is 1.84. The van der Waals surface area contributed by atoms with Gasteiger partial charge in [0.1, 0.15) is 0 Å². The van der Waals surface area contributed by atoms with Gasteiger partial charge in [0.05, 0.1) is 0 Å². The summed E-state index contributed by atoms with van der Waals surface area (Å²) in [5, 5.41) is 4.26. The molecule has 0 saturated carbocycles. The van der Waals surface area contributed by atoms with Crippen molar-refractivity contribution in [2.75, 3.05) is 32.7 Å². The second-order valence-electron chi connectivity index (χ2n) is 5.20. The van der Waals surface area contributed by atoms with Crippen molar-refractivity contribution in [2.45, 2.75) is 33.7 Å². The Morgan fingerprint density at radius 2 is 1.69 bits per heavy atom. The van der Waals surface area contributed by atoms with Crippen LogP contribution in [0.4, 0.5) is 0 Å². The van der Waals surface area contributed by atoms with E-state index in [4.69, 9.17) is 12.2 Å². The molecule has 0 atom stereocenters. The highest BCUT2D eigenvalue weighted by Crippen LogP contribution is 2.06. The largest absolute Gasteiger partial charge is 0.362 e. The van der Waals surface area contributed by atoms with Gasteiger partial charge < -0.3 is 10.2 Å². The number of hydrogen-bond donors (Lipinski definition) is 1. The molecule has 0 aromatic heterocycles. The number of hydrogen-bond acceptors (Lipinski definition) is 2. The van der Waals surface area contributed by atoms with Crippen LogP contribution in [0, 0.1) is 5.92 Å². The van der Waals surface area contributed by atoms with E-state index >= 15 is 0 Å². The van der Waals surface area contributed by atoms with Crippen LogP contribution in [-0.4, -0.2) is 53.7 Å². The van der Waals surface area contributed by atoms with Gasteiger partial charge in [-0.05, 0) is 32.0 Å². The fourth-order valence-corrected chi connectivity index (χ4v) is 2.11. The molecule has 1 rings (SSSR count). The van der Waals surface area contributed by atoms with Crippen molar-refractivity contribution in [3.8, 4) is 0 Å². The van der Waals surface area contributed by atoms with Crippen molar-refractivity contribution in [1.29, 1.82) is 0 Å². The zero-order valence-corrected chi connectivity index (χ0v) is 11.8. The third kappa shape index (κ3) is 4.26. The maximum Gasteiger partial charge on any atom is 0.169 e.